The summed E-state index contributed by atoms with van der Waals surface area (Å²) in [6.45, 7) is 3.87. The van der Waals surface area contributed by atoms with Crippen molar-refractivity contribution in [3.05, 3.63) is 23.8 Å². The Bertz CT molecular complexity index is 540. The number of rotatable bonds is 4. The Balaban J connectivity index is 3.11. The molecule has 7 heteroatoms. The number of aryl methyl sites for hydroxylation is 1. The molecule has 0 saturated heterocycles. The molecule has 0 bridgehead atoms. The normalized spacial score (nSPS) is 11.0. The van der Waals surface area contributed by atoms with Gasteiger partial charge in [0.2, 0.25) is 0 Å². The zero-order valence-electron chi connectivity index (χ0n) is 10.4. The van der Waals surface area contributed by atoms with E-state index in [1.165, 1.54) is 6.07 Å². The first-order valence-corrected chi connectivity index (χ1v) is 7.08. The summed E-state index contributed by atoms with van der Waals surface area (Å²) in [6.07, 6.45) is 0.534. The van der Waals surface area contributed by atoms with Crippen LogP contribution in [0.2, 0.25) is 0 Å². The number of carbonyl (C=O) groups excluding carboxylic acids is 1. The summed E-state index contributed by atoms with van der Waals surface area (Å²) in [6, 6.07) is 3.87. The second kappa shape index (κ2) is 5.72. The van der Waals surface area contributed by atoms with E-state index >= 15 is 0 Å². The highest BCUT2D eigenvalue weighted by atomic mass is 32.2. The minimum absolute atomic E-state index is 0.0382. The van der Waals surface area contributed by atoms with E-state index in [0.717, 1.165) is 0 Å². The molecule has 4 N–H and O–H groups in total. The van der Waals surface area contributed by atoms with E-state index in [4.69, 9.17) is 5.73 Å². The number of anilines is 1. The van der Waals surface area contributed by atoms with Gasteiger partial charge >= 0.3 is 6.03 Å². The van der Waals surface area contributed by atoms with E-state index in [2.05, 4.69) is 5.32 Å². The Morgan fingerprint density at radius 2 is 2.00 bits per heavy atom. The summed E-state index contributed by atoms with van der Waals surface area (Å²) < 4.78 is 26.0. The van der Waals surface area contributed by atoms with Crippen LogP contribution in [0.25, 0.3) is 0 Å². The summed E-state index contributed by atoms with van der Waals surface area (Å²) in [5.41, 5.74) is 6.52. The number of benzene rings is 1. The van der Waals surface area contributed by atoms with Crippen molar-refractivity contribution >= 4 is 21.7 Å². The lowest BCUT2D eigenvalue weighted by atomic mass is 10.1. The van der Waals surface area contributed by atoms with Gasteiger partial charge in [-0.15, -0.1) is 0 Å². The van der Waals surface area contributed by atoms with Gasteiger partial charge in [-0.3, -0.25) is 0 Å². The van der Waals surface area contributed by atoms with Gasteiger partial charge in [0.1, 0.15) is 0 Å². The van der Waals surface area contributed by atoms with Gasteiger partial charge in [0.25, 0.3) is 10.0 Å². The van der Waals surface area contributed by atoms with Crippen LogP contribution >= 0.6 is 0 Å². The standard InChI is InChI=1S/C11H17N3O3S/c1-3-8-5-6-9(12)7-10(8)18(16,17)14-11(15)13-4-2/h5-7H,3-4,12H2,1-2H3,(H2,13,14,15). The lowest BCUT2D eigenvalue weighted by Crippen LogP contribution is -2.39. The first kappa shape index (κ1) is 14.3. The van der Waals surface area contributed by atoms with Gasteiger partial charge in [-0.05, 0) is 31.0 Å². The van der Waals surface area contributed by atoms with Gasteiger partial charge < -0.3 is 11.1 Å². The minimum atomic E-state index is -3.89. The van der Waals surface area contributed by atoms with E-state index in [0.29, 0.717) is 24.2 Å². The number of urea groups is 1. The molecule has 0 aliphatic rings. The maximum Gasteiger partial charge on any atom is 0.328 e. The van der Waals surface area contributed by atoms with Crippen LogP contribution in [0.3, 0.4) is 0 Å². The maximum absolute atomic E-state index is 12.0. The molecule has 0 heterocycles. The Morgan fingerprint density at radius 1 is 1.33 bits per heavy atom. The molecular formula is C11H17N3O3S. The van der Waals surface area contributed by atoms with Crippen LogP contribution in [0.5, 0.6) is 0 Å². The van der Waals surface area contributed by atoms with Crippen molar-refractivity contribution < 1.29 is 13.2 Å². The first-order chi connectivity index (χ1) is 8.40. The highest BCUT2D eigenvalue weighted by molar-refractivity contribution is 7.90. The Kier molecular flexibility index (Phi) is 4.55. The number of hydrogen-bond donors (Lipinski definition) is 3. The molecule has 0 saturated carbocycles. The lowest BCUT2D eigenvalue weighted by Gasteiger charge is -2.11. The molecule has 0 aliphatic heterocycles. The average Bonchev–Trinajstić information content (AvgIpc) is 2.28. The minimum Gasteiger partial charge on any atom is -0.399 e. The molecule has 0 aliphatic carbocycles. The van der Waals surface area contributed by atoms with Crippen molar-refractivity contribution in [2.45, 2.75) is 25.2 Å². The Morgan fingerprint density at radius 3 is 2.56 bits per heavy atom. The van der Waals surface area contributed by atoms with Crippen molar-refractivity contribution in [3.63, 3.8) is 0 Å². The zero-order valence-corrected chi connectivity index (χ0v) is 11.2. The van der Waals surface area contributed by atoms with Crippen LogP contribution in [0, 0.1) is 0 Å². The quantitative estimate of drug-likeness (QED) is 0.706. The second-order valence-electron chi connectivity index (χ2n) is 3.69. The number of hydrogen-bond acceptors (Lipinski definition) is 4. The van der Waals surface area contributed by atoms with Crippen LogP contribution in [-0.2, 0) is 16.4 Å². The van der Waals surface area contributed by atoms with Gasteiger partial charge in [-0.25, -0.2) is 17.9 Å². The van der Waals surface area contributed by atoms with Crippen molar-refractivity contribution in [1.82, 2.24) is 10.0 Å². The first-order valence-electron chi connectivity index (χ1n) is 5.59. The van der Waals surface area contributed by atoms with Gasteiger partial charge in [-0.2, -0.15) is 0 Å². The number of amides is 2. The highest BCUT2D eigenvalue weighted by Gasteiger charge is 2.20. The van der Waals surface area contributed by atoms with Gasteiger partial charge in [-0.1, -0.05) is 13.0 Å². The van der Waals surface area contributed by atoms with Crippen molar-refractivity contribution in [2.24, 2.45) is 0 Å². The van der Waals surface area contributed by atoms with Crippen LogP contribution in [0.15, 0.2) is 23.1 Å². The lowest BCUT2D eigenvalue weighted by molar-refractivity contribution is 0.246. The van der Waals surface area contributed by atoms with Crippen LogP contribution in [0.1, 0.15) is 19.4 Å². The van der Waals surface area contributed by atoms with E-state index in [1.807, 2.05) is 11.6 Å². The molecule has 1 aromatic rings. The molecule has 18 heavy (non-hydrogen) atoms. The summed E-state index contributed by atoms with van der Waals surface area (Å²) in [5, 5.41) is 2.36. The molecule has 6 nitrogen and oxygen atoms in total. The SMILES string of the molecule is CCNC(=O)NS(=O)(=O)c1cc(N)ccc1CC. The van der Waals surface area contributed by atoms with Gasteiger partial charge in [0.05, 0.1) is 4.90 Å². The van der Waals surface area contributed by atoms with Gasteiger partial charge in [0.15, 0.2) is 0 Å². The predicted molar refractivity (Wildman–Crippen MR) is 69.6 cm³/mol. The Labute approximate surface area is 107 Å². The molecule has 1 rings (SSSR count). The molecule has 1 aromatic carbocycles. The third kappa shape index (κ3) is 3.36. The number of nitrogens with two attached hydrogens (primary N) is 1. The van der Waals surface area contributed by atoms with Gasteiger partial charge in [0, 0.05) is 12.2 Å². The summed E-state index contributed by atoms with van der Waals surface area (Å²) >= 11 is 0. The number of nitrogen functional groups attached to an aromatic ring is 1. The summed E-state index contributed by atoms with van der Waals surface area (Å²) in [5.74, 6) is 0. The summed E-state index contributed by atoms with van der Waals surface area (Å²) in [7, 11) is -3.89. The van der Waals surface area contributed by atoms with Crippen molar-refractivity contribution in [3.8, 4) is 0 Å². The van der Waals surface area contributed by atoms with E-state index in [1.54, 1.807) is 19.1 Å². The fourth-order valence-electron chi connectivity index (χ4n) is 1.49. The van der Waals surface area contributed by atoms with Crippen LogP contribution in [0.4, 0.5) is 10.5 Å². The molecule has 0 fully saturated rings. The van der Waals surface area contributed by atoms with E-state index < -0.39 is 16.1 Å². The van der Waals surface area contributed by atoms with E-state index in [-0.39, 0.29) is 4.90 Å². The molecule has 0 radical (unpaired) electrons. The largest absolute Gasteiger partial charge is 0.399 e. The molecule has 2 amide bonds. The van der Waals surface area contributed by atoms with Crippen LogP contribution in [-0.4, -0.2) is 21.0 Å². The number of carbonyl (C=O) groups is 1. The molecule has 100 valence electrons. The average molecular weight is 271 g/mol. The topological polar surface area (TPSA) is 101 Å². The molecule has 0 atom stereocenters. The smallest absolute Gasteiger partial charge is 0.328 e. The van der Waals surface area contributed by atoms with Crippen molar-refractivity contribution in [1.29, 1.82) is 0 Å². The highest BCUT2D eigenvalue weighted by Crippen LogP contribution is 2.19. The zero-order chi connectivity index (χ0) is 13.8. The molecular weight excluding hydrogens is 254 g/mol. The molecule has 0 unspecified atom stereocenters. The van der Waals surface area contributed by atoms with E-state index in [9.17, 15) is 13.2 Å². The number of sulfonamides is 1. The maximum atomic E-state index is 12.0. The monoisotopic (exact) mass is 271 g/mol. The van der Waals surface area contributed by atoms with Crippen LogP contribution < -0.4 is 15.8 Å². The third-order valence-corrected chi connectivity index (χ3v) is 3.74. The Hall–Kier alpha value is -1.76. The second-order valence-corrected chi connectivity index (χ2v) is 5.34. The molecule has 0 spiro atoms. The fourth-order valence-corrected chi connectivity index (χ4v) is 2.76. The fraction of sp³-hybridized carbons (Fsp3) is 0.364. The number of nitrogens with one attached hydrogen (secondary N) is 2. The summed E-state index contributed by atoms with van der Waals surface area (Å²) in [4.78, 5) is 11.3. The third-order valence-electron chi connectivity index (χ3n) is 2.33. The van der Waals surface area contributed by atoms with Crippen molar-refractivity contribution in [2.75, 3.05) is 12.3 Å². The molecule has 0 aromatic heterocycles. The predicted octanol–water partition coefficient (Wildman–Crippen LogP) is 0.839.